The van der Waals surface area contributed by atoms with E-state index in [0.29, 0.717) is 29.8 Å². The normalized spacial score (nSPS) is 22.3. The number of benzene rings is 1. The number of hydrazone groups is 1. The number of allylic oxidation sites excluding steroid dienone is 3. The van der Waals surface area contributed by atoms with Gasteiger partial charge in [0.15, 0.2) is 11.9 Å². The summed E-state index contributed by atoms with van der Waals surface area (Å²) in [5.74, 6) is -0.250. The van der Waals surface area contributed by atoms with Crippen molar-refractivity contribution in [2.45, 2.75) is 32.0 Å². The van der Waals surface area contributed by atoms with Crippen LogP contribution in [0, 0.1) is 0 Å². The molecular formula is C28H28N6O2. The first kappa shape index (κ1) is 23.3. The molecule has 1 amide bonds. The number of aromatic nitrogens is 1. The number of rotatable bonds is 7. The van der Waals surface area contributed by atoms with Crippen LogP contribution in [0.4, 0.5) is 5.69 Å². The molecule has 3 heterocycles. The third-order valence-corrected chi connectivity index (χ3v) is 6.54. The molecular weight excluding hydrogens is 452 g/mol. The number of nitrogens with zero attached hydrogens (tertiary/aromatic N) is 3. The molecule has 0 saturated carbocycles. The summed E-state index contributed by atoms with van der Waals surface area (Å²) in [5, 5.41) is 10.5. The Morgan fingerprint density at radius 3 is 2.89 bits per heavy atom. The van der Waals surface area contributed by atoms with Gasteiger partial charge in [0.1, 0.15) is 0 Å². The number of carbonyl (C=O) groups excluding carboxylic acids is 2. The largest absolute Gasteiger partial charge is 0.362 e. The molecule has 2 aromatic rings. The van der Waals surface area contributed by atoms with Gasteiger partial charge in [-0.3, -0.25) is 20.0 Å². The van der Waals surface area contributed by atoms with Crippen LogP contribution in [0.3, 0.4) is 0 Å². The van der Waals surface area contributed by atoms with Crippen LogP contribution in [0.1, 0.15) is 36.3 Å². The van der Waals surface area contributed by atoms with Gasteiger partial charge < -0.3 is 15.5 Å². The van der Waals surface area contributed by atoms with Crippen LogP contribution in [0.15, 0.2) is 95.5 Å². The zero-order chi connectivity index (χ0) is 25.1. The third kappa shape index (κ3) is 4.57. The van der Waals surface area contributed by atoms with Crippen LogP contribution in [0.25, 0.3) is 6.08 Å². The van der Waals surface area contributed by atoms with E-state index < -0.39 is 11.7 Å². The molecule has 0 radical (unpaired) electrons. The van der Waals surface area contributed by atoms with E-state index in [-0.39, 0.29) is 11.7 Å². The minimum absolute atomic E-state index is 0.0715. The fraction of sp³-hybridized carbons (Fsp3) is 0.214. The monoisotopic (exact) mass is 480 g/mol. The average Bonchev–Trinajstić information content (AvgIpc) is 3.51. The van der Waals surface area contributed by atoms with Crippen molar-refractivity contribution in [1.82, 2.24) is 20.6 Å². The zero-order valence-electron chi connectivity index (χ0n) is 20.2. The fourth-order valence-electron chi connectivity index (χ4n) is 4.60. The summed E-state index contributed by atoms with van der Waals surface area (Å²) in [5.41, 5.74) is 7.25. The van der Waals surface area contributed by atoms with Crippen LogP contribution < -0.4 is 16.1 Å². The second-order valence-electron chi connectivity index (χ2n) is 9.09. The molecule has 0 spiro atoms. The summed E-state index contributed by atoms with van der Waals surface area (Å²) in [4.78, 5) is 32.3. The van der Waals surface area contributed by atoms with Crippen molar-refractivity contribution in [1.29, 1.82) is 0 Å². The van der Waals surface area contributed by atoms with Gasteiger partial charge in [0.05, 0.1) is 16.9 Å². The van der Waals surface area contributed by atoms with E-state index in [1.165, 1.54) is 0 Å². The van der Waals surface area contributed by atoms with Crippen molar-refractivity contribution in [2.75, 3.05) is 11.9 Å². The maximum atomic E-state index is 13.4. The lowest BCUT2D eigenvalue weighted by molar-refractivity contribution is -0.120. The molecule has 5 rings (SSSR count). The molecule has 2 aliphatic heterocycles. The second kappa shape index (κ2) is 9.65. The van der Waals surface area contributed by atoms with Crippen LogP contribution >= 0.6 is 0 Å². The quantitative estimate of drug-likeness (QED) is 0.524. The Balaban J connectivity index is 1.30. The highest BCUT2D eigenvalue weighted by molar-refractivity contribution is 6.15. The molecule has 3 N–H and O–H groups in total. The summed E-state index contributed by atoms with van der Waals surface area (Å²) >= 11 is 0. The number of ketones is 1. The fourth-order valence-corrected chi connectivity index (χ4v) is 4.60. The minimum Gasteiger partial charge on any atom is -0.362 e. The SMILES string of the molecule is CCN1C=CNC1C(=O)Nc1cccc(C(=O)C2=CC=C3C(/C=C/c4ccccn4)=NNC3(C)C2)c1. The Kier molecular flexibility index (Phi) is 6.25. The number of hydrogen-bond donors (Lipinski definition) is 3. The van der Waals surface area contributed by atoms with Gasteiger partial charge >= 0.3 is 0 Å². The predicted octanol–water partition coefficient (Wildman–Crippen LogP) is 3.61. The number of fused-ring (bicyclic) bond motifs is 1. The van der Waals surface area contributed by atoms with Gasteiger partial charge in [-0.1, -0.05) is 30.4 Å². The van der Waals surface area contributed by atoms with Gasteiger partial charge in [-0.15, -0.1) is 0 Å². The highest BCUT2D eigenvalue weighted by Crippen LogP contribution is 2.35. The molecule has 2 atom stereocenters. The zero-order valence-corrected chi connectivity index (χ0v) is 20.2. The van der Waals surface area contributed by atoms with E-state index in [9.17, 15) is 9.59 Å². The van der Waals surface area contributed by atoms with Crippen molar-refractivity contribution < 1.29 is 9.59 Å². The lowest BCUT2D eigenvalue weighted by atomic mass is 9.78. The van der Waals surface area contributed by atoms with Crippen molar-refractivity contribution in [2.24, 2.45) is 5.10 Å². The van der Waals surface area contributed by atoms with Gasteiger partial charge in [-0.25, -0.2) is 0 Å². The molecule has 8 heteroatoms. The lowest BCUT2D eigenvalue weighted by Crippen LogP contribution is -2.45. The summed E-state index contributed by atoms with van der Waals surface area (Å²) < 4.78 is 0. The van der Waals surface area contributed by atoms with E-state index in [2.05, 4.69) is 26.1 Å². The maximum absolute atomic E-state index is 13.4. The summed E-state index contributed by atoms with van der Waals surface area (Å²) in [7, 11) is 0. The highest BCUT2D eigenvalue weighted by atomic mass is 16.2. The summed E-state index contributed by atoms with van der Waals surface area (Å²) in [6, 6.07) is 12.8. The van der Waals surface area contributed by atoms with Crippen LogP contribution in [0.5, 0.6) is 0 Å². The van der Waals surface area contributed by atoms with Crippen molar-refractivity contribution in [3.63, 3.8) is 0 Å². The Morgan fingerprint density at radius 2 is 2.08 bits per heavy atom. The maximum Gasteiger partial charge on any atom is 0.267 e. The lowest BCUT2D eigenvalue weighted by Gasteiger charge is -2.29. The highest BCUT2D eigenvalue weighted by Gasteiger charge is 2.39. The molecule has 3 aliphatic rings. The van der Waals surface area contributed by atoms with Crippen LogP contribution in [0.2, 0.25) is 0 Å². The van der Waals surface area contributed by atoms with Crippen molar-refractivity contribution >= 4 is 29.2 Å². The number of anilines is 1. The van der Waals surface area contributed by atoms with E-state index in [0.717, 1.165) is 17.0 Å². The van der Waals surface area contributed by atoms with Crippen molar-refractivity contribution in [3.8, 4) is 0 Å². The number of hydrogen-bond acceptors (Lipinski definition) is 7. The minimum atomic E-state index is -0.472. The van der Waals surface area contributed by atoms with Gasteiger partial charge in [-0.2, -0.15) is 5.10 Å². The number of pyridine rings is 1. The van der Waals surface area contributed by atoms with Crippen LogP contribution in [-0.4, -0.2) is 45.5 Å². The topological polar surface area (TPSA) is 98.7 Å². The Bertz CT molecular complexity index is 1340. The smallest absolute Gasteiger partial charge is 0.267 e. The molecule has 1 aliphatic carbocycles. The molecule has 0 fully saturated rings. The van der Waals surface area contributed by atoms with Crippen molar-refractivity contribution in [3.05, 3.63) is 102 Å². The number of amides is 1. The molecule has 1 aromatic heterocycles. The first-order valence-electron chi connectivity index (χ1n) is 12.0. The molecule has 1 aromatic carbocycles. The molecule has 8 nitrogen and oxygen atoms in total. The first-order valence-corrected chi connectivity index (χ1v) is 12.0. The third-order valence-electron chi connectivity index (χ3n) is 6.54. The first-order chi connectivity index (χ1) is 17.5. The Hall–Kier alpha value is -4.46. The molecule has 36 heavy (non-hydrogen) atoms. The predicted molar refractivity (Wildman–Crippen MR) is 141 cm³/mol. The molecule has 0 bridgehead atoms. The van der Waals surface area contributed by atoms with E-state index in [1.54, 1.807) is 36.7 Å². The average molecular weight is 481 g/mol. The van der Waals surface area contributed by atoms with Gasteiger partial charge in [0.25, 0.3) is 5.91 Å². The summed E-state index contributed by atoms with van der Waals surface area (Å²) in [6.07, 6.45) is 13.1. The number of nitrogens with one attached hydrogen (secondary N) is 3. The van der Waals surface area contributed by atoms with Crippen LogP contribution in [-0.2, 0) is 4.79 Å². The van der Waals surface area contributed by atoms with Gasteiger partial charge in [-0.05, 0) is 50.3 Å². The van der Waals surface area contributed by atoms with E-state index >= 15 is 0 Å². The molecule has 182 valence electrons. The number of carbonyl (C=O) groups is 2. The number of likely N-dealkylation sites (N-methyl/N-ethyl adjacent to an activating group) is 1. The van der Waals surface area contributed by atoms with E-state index in [4.69, 9.17) is 0 Å². The standard InChI is InChI=1S/C28H28N6O2/c1-3-34-16-15-30-26(34)27(36)31-22-9-6-7-19(17-22)25(35)20-10-12-23-24(32-33-28(23,2)18-20)13-11-21-8-4-5-14-29-21/h4-17,26,30,33H,3,18H2,1-2H3,(H,31,36)/b13-11+. The van der Waals surface area contributed by atoms with E-state index in [1.807, 2.05) is 67.5 Å². The number of Topliss-reactive ketones (excluding diaryl/α,β-unsaturated/α-hetero) is 1. The summed E-state index contributed by atoms with van der Waals surface area (Å²) in [6.45, 7) is 4.74. The van der Waals surface area contributed by atoms with Gasteiger partial charge in [0.2, 0.25) is 0 Å². The Morgan fingerprint density at radius 1 is 1.19 bits per heavy atom. The molecule has 2 unspecified atom stereocenters. The molecule has 0 saturated heterocycles. The second-order valence-corrected chi connectivity index (χ2v) is 9.09. The Labute approximate surface area is 210 Å². The van der Waals surface area contributed by atoms with Gasteiger partial charge in [0, 0.05) is 54.0 Å².